The van der Waals surface area contributed by atoms with E-state index in [-0.39, 0.29) is 11.4 Å². The van der Waals surface area contributed by atoms with Gasteiger partial charge in [0, 0.05) is 18.5 Å². The highest BCUT2D eigenvalue weighted by atomic mass is 32.2. The van der Waals surface area contributed by atoms with Gasteiger partial charge in [0.25, 0.3) is 17.4 Å². The fourth-order valence-corrected chi connectivity index (χ4v) is 4.63. The number of anilines is 2. The maximum absolute atomic E-state index is 12.9. The van der Waals surface area contributed by atoms with Crippen molar-refractivity contribution in [1.82, 2.24) is 9.13 Å². The molecule has 0 radical (unpaired) electrons. The van der Waals surface area contributed by atoms with Crippen molar-refractivity contribution in [2.45, 2.75) is 29.5 Å². The topological polar surface area (TPSA) is 102 Å². The molecule has 2 aliphatic heterocycles. The highest BCUT2D eigenvalue weighted by Gasteiger charge is 2.59. The second-order valence-corrected chi connectivity index (χ2v) is 7.47. The summed E-state index contributed by atoms with van der Waals surface area (Å²) in [7, 11) is 1.35. The van der Waals surface area contributed by atoms with E-state index in [0.29, 0.717) is 23.5 Å². The number of carbonyl (C=O) groups is 2. The third-order valence-electron chi connectivity index (χ3n) is 4.61. The minimum atomic E-state index is -1.75. The Kier molecular flexibility index (Phi) is 3.58. The second-order valence-electron chi connectivity index (χ2n) is 6.21. The molecule has 1 aromatic heterocycles. The molecule has 9 heteroatoms. The van der Waals surface area contributed by atoms with Crippen molar-refractivity contribution in [2.24, 2.45) is 7.05 Å². The Morgan fingerprint density at radius 1 is 1.08 bits per heavy atom. The molecule has 8 nitrogen and oxygen atoms in total. The first-order valence-electron chi connectivity index (χ1n) is 8.17. The van der Waals surface area contributed by atoms with E-state index >= 15 is 0 Å². The summed E-state index contributed by atoms with van der Waals surface area (Å²) in [5.74, 6) is -1.08. The van der Waals surface area contributed by atoms with Gasteiger partial charge in [-0.1, -0.05) is 30.8 Å². The van der Waals surface area contributed by atoms with Crippen LogP contribution in [0, 0.1) is 0 Å². The second kappa shape index (κ2) is 5.60. The lowest BCUT2D eigenvalue weighted by atomic mass is 10.0. The van der Waals surface area contributed by atoms with Crippen LogP contribution in [0.1, 0.15) is 18.9 Å². The van der Waals surface area contributed by atoms with E-state index in [1.165, 1.54) is 11.6 Å². The molecule has 1 atom stereocenters. The maximum Gasteiger partial charge on any atom is 0.332 e. The van der Waals surface area contributed by atoms with Gasteiger partial charge in [0.05, 0.1) is 11.3 Å². The Bertz CT molecular complexity index is 1090. The average molecular weight is 372 g/mol. The zero-order chi connectivity index (χ0) is 18.6. The summed E-state index contributed by atoms with van der Waals surface area (Å²) < 4.78 is 0.546. The summed E-state index contributed by atoms with van der Waals surface area (Å²) >= 11 is 1.03. The van der Waals surface area contributed by atoms with Crippen LogP contribution in [0.2, 0.25) is 0 Å². The van der Waals surface area contributed by atoms with Crippen LogP contribution in [0.25, 0.3) is 0 Å². The van der Waals surface area contributed by atoms with Gasteiger partial charge in [-0.2, -0.15) is 0 Å². The average Bonchev–Trinajstić information content (AvgIpc) is 2.91. The third-order valence-corrected chi connectivity index (χ3v) is 6.07. The van der Waals surface area contributed by atoms with Crippen LogP contribution in [0.5, 0.6) is 0 Å². The summed E-state index contributed by atoms with van der Waals surface area (Å²) in [4.78, 5) is 51.9. The molecule has 4 rings (SSSR count). The molecule has 26 heavy (non-hydrogen) atoms. The molecule has 0 aliphatic carbocycles. The number of para-hydroxylation sites is 1. The Labute approximate surface area is 152 Å². The summed E-state index contributed by atoms with van der Waals surface area (Å²) in [6.07, 6.45) is 0.635. The van der Waals surface area contributed by atoms with Crippen LogP contribution in [-0.2, 0) is 27.9 Å². The molecular formula is C17H16N4O4S. The molecular weight excluding hydrogens is 356 g/mol. The quantitative estimate of drug-likeness (QED) is 0.761. The van der Waals surface area contributed by atoms with Gasteiger partial charge in [0.15, 0.2) is 0 Å². The highest BCUT2D eigenvalue weighted by molar-refractivity contribution is 8.02. The highest BCUT2D eigenvalue weighted by Crippen LogP contribution is 2.52. The van der Waals surface area contributed by atoms with Gasteiger partial charge in [0.2, 0.25) is 4.75 Å². The smallest absolute Gasteiger partial charge is 0.323 e. The number of amides is 2. The molecule has 2 aliphatic rings. The van der Waals surface area contributed by atoms with E-state index in [4.69, 9.17) is 0 Å². The van der Waals surface area contributed by atoms with Gasteiger partial charge in [-0.15, -0.1) is 0 Å². The summed E-state index contributed by atoms with van der Waals surface area (Å²) in [6, 6.07) is 7.08. The first-order chi connectivity index (χ1) is 12.4. The fraction of sp³-hybridized carbons (Fsp3) is 0.294. The van der Waals surface area contributed by atoms with Crippen LogP contribution < -0.4 is 21.9 Å². The Hall–Kier alpha value is -2.81. The molecule has 3 heterocycles. The standard InChI is InChI=1S/C17H16N4O4S/c1-3-8-21-12-11(13(22)20(2)16(21)25)17(15(24)19-12)14(23)18-9-6-4-5-7-10(9)26-17/h4-7H,3,8H2,1-2H3,(H,18,23)(H,19,24)/t17-/m0/s1. The number of thioether (sulfide) groups is 1. The predicted octanol–water partition coefficient (Wildman–Crippen LogP) is 0.849. The largest absolute Gasteiger partial charge is 0.332 e. The van der Waals surface area contributed by atoms with E-state index in [9.17, 15) is 19.2 Å². The first-order valence-corrected chi connectivity index (χ1v) is 8.98. The fourth-order valence-electron chi connectivity index (χ4n) is 3.35. The van der Waals surface area contributed by atoms with Crippen molar-refractivity contribution >= 4 is 35.1 Å². The maximum atomic E-state index is 12.9. The monoisotopic (exact) mass is 372 g/mol. The minimum Gasteiger partial charge on any atom is -0.323 e. The molecule has 0 saturated carbocycles. The molecule has 0 saturated heterocycles. The Morgan fingerprint density at radius 2 is 1.77 bits per heavy atom. The van der Waals surface area contributed by atoms with E-state index in [1.807, 2.05) is 6.92 Å². The Balaban J connectivity index is 2.04. The number of nitrogens with one attached hydrogen (secondary N) is 2. The van der Waals surface area contributed by atoms with Crippen molar-refractivity contribution in [3.8, 4) is 0 Å². The lowest BCUT2D eigenvalue weighted by Gasteiger charge is -2.30. The number of nitrogens with zero attached hydrogens (tertiary/aromatic N) is 2. The Morgan fingerprint density at radius 3 is 2.50 bits per heavy atom. The van der Waals surface area contributed by atoms with Crippen molar-refractivity contribution in [2.75, 3.05) is 10.6 Å². The first kappa shape index (κ1) is 16.6. The molecule has 134 valence electrons. The molecule has 1 aromatic carbocycles. The number of rotatable bonds is 2. The third kappa shape index (κ3) is 1.97. The number of benzene rings is 1. The number of carbonyl (C=O) groups excluding carboxylic acids is 2. The summed E-state index contributed by atoms with van der Waals surface area (Å²) in [5.41, 5.74) is -0.560. The lowest BCUT2D eigenvalue weighted by Crippen LogP contribution is -2.49. The van der Waals surface area contributed by atoms with Gasteiger partial charge in [0.1, 0.15) is 5.82 Å². The zero-order valence-corrected chi connectivity index (χ0v) is 15.0. The molecule has 0 fully saturated rings. The van der Waals surface area contributed by atoms with E-state index < -0.39 is 27.8 Å². The van der Waals surface area contributed by atoms with Gasteiger partial charge in [-0.25, -0.2) is 4.79 Å². The molecule has 2 amide bonds. The van der Waals surface area contributed by atoms with Crippen molar-refractivity contribution < 1.29 is 9.59 Å². The normalized spacial score (nSPS) is 20.5. The van der Waals surface area contributed by atoms with E-state index in [0.717, 1.165) is 16.3 Å². The number of hydrogen-bond acceptors (Lipinski definition) is 5. The van der Waals surface area contributed by atoms with E-state index in [1.54, 1.807) is 24.3 Å². The van der Waals surface area contributed by atoms with Gasteiger partial charge >= 0.3 is 5.69 Å². The number of hydrogen-bond donors (Lipinski definition) is 2. The van der Waals surface area contributed by atoms with Crippen LogP contribution in [0.4, 0.5) is 11.5 Å². The summed E-state index contributed by atoms with van der Waals surface area (Å²) in [5, 5.41) is 5.33. The SMILES string of the molecule is CCCn1c2c(c(=O)n(C)c1=O)[C@@]1(Sc3ccccc3NC1=O)C(=O)N2. The molecule has 2 aromatic rings. The van der Waals surface area contributed by atoms with Gasteiger partial charge in [-0.3, -0.25) is 23.5 Å². The van der Waals surface area contributed by atoms with Crippen LogP contribution in [0.15, 0.2) is 38.8 Å². The van der Waals surface area contributed by atoms with Crippen LogP contribution in [-0.4, -0.2) is 20.9 Å². The van der Waals surface area contributed by atoms with Gasteiger partial charge in [-0.05, 0) is 18.6 Å². The molecule has 2 N–H and O–H groups in total. The number of aromatic nitrogens is 2. The number of fused-ring (bicyclic) bond motifs is 3. The molecule has 1 spiro atoms. The molecule has 0 unspecified atom stereocenters. The molecule has 0 bridgehead atoms. The van der Waals surface area contributed by atoms with Crippen LogP contribution >= 0.6 is 11.8 Å². The van der Waals surface area contributed by atoms with Crippen molar-refractivity contribution in [3.63, 3.8) is 0 Å². The zero-order valence-electron chi connectivity index (χ0n) is 14.2. The summed E-state index contributed by atoms with van der Waals surface area (Å²) in [6.45, 7) is 2.21. The van der Waals surface area contributed by atoms with Gasteiger partial charge < -0.3 is 10.6 Å². The van der Waals surface area contributed by atoms with Crippen LogP contribution in [0.3, 0.4) is 0 Å². The predicted molar refractivity (Wildman–Crippen MR) is 97.5 cm³/mol. The van der Waals surface area contributed by atoms with Crippen molar-refractivity contribution in [1.29, 1.82) is 0 Å². The minimum absolute atomic E-state index is 0.00931. The lowest BCUT2D eigenvalue weighted by molar-refractivity contribution is -0.127. The van der Waals surface area contributed by atoms with Crippen molar-refractivity contribution in [3.05, 3.63) is 50.7 Å². The van der Waals surface area contributed by atoms with E-state index in [2.05, 4.69) is 10.6 Å².